The first kappa shape index (κ1) is 11.2. The van der Waals surface area contributed by atoms with Gasteiger partial charge in [-0.1, -0.05) is 0 Å². The third-order valence-corrected chi connectivity index (χ3v) is 2.92. The van der Waals surface area contributed by atoms with Crippen LogP contribution in [0.4, 0.5) is 0 Å². The molecule has 0 bridgehead atoms. The Morgan fingerprint density at radius 1 is 1.56 bits per heavy atom. The van der Waals surface area contributed by atoms with E-state index in [1.165, 1.54) is 20.0 Å². The fraction of sp³-hybridized carbons (Fsp3) is 0.417. The fourth-order valence-corrected chi connectivity index (χ4v) is 1.77. The van der Waals surface area contributed by atoms with Gasteiger partial charge in [-0.15, -0.1) is 5.10 Å². The highest BCUT2D eigenvalue weighted by Crippen LogP contribution is 2.18. The molecular formula is C12H14N4O2. The Morgan fingerprint density at radius 3 is 3.11 bits per heavy atom. The number of rotatable bonds is 4. The van der Waals surface area contributed by atoms with Crippen molar-refractivity contribution in [2.45, 2.75) is 25.4 Å². The predicted octanol–water partition coefficient (Wildman–Crippen LogP) is 0.768. The van der Waals surface area contributed by atoms with Crippen molar-refractivity contribution in [2.24, 2.45) is 0 Å². The maximum absolute atomic E-state index is 11.4. The Balaban J connectivity index is 1.83. The van der Waals surface area contributed by atoms with Crippen LogP contribution in [0.3, 0.4) is 0 Å². The first-order valence-electron chi connectivity index (χ1n) is 5.93. The van der Waals surface area contributed by atoms with Crippen LogP contribution in [0.5, 0.6) is 0 Å². The van der Waals surface area contributed by atoms with Gasteiger partial charge in [0.2, 0.25) is 0 Å². The summed E-state index contributed by atoms with van der Waals surface area (Å²) >= 11 is 0. The normalized spacial score (nSPS) is 14.9. The second-order valence-electron chi connectivity index (χ2n) is 4.40. The van der Waals surface area contributed by atoms with Crippen LogP contribution in [0.15, 0.2) is 18.3 Å². The van der Waals surface area contributed by atoms with Gasteiger partial charge in [0.15, 0.2) is 11.5 Å². The predicted molar refractivity (Wildman–Crippen MR) is 64.2 cm³/mol. The van der Waals surface area contributed by atoms with Crippen LogP contribution in [-0.4, -0.2) is 33.7 Å². The lowest BCUT2D eigenvalue weighted by atomic mass is 10.3. The van der Waals surface area contributed by atoms with Crippen molar-refractivity contribution in [3.05, 3.63) is 29.7 Å². The van der Waals surface area contributed by atoms with E-state index in [2.05, 4.69) is 20.1 Å². The summed E-state index contributed by atoms with van der Waals surface area (Å²) in [5, 5.41) is 7.68. The molecule has 0 aliphatic heterocycles. The minimum atomic E-state index is -0.370. The van der Waals surface area contributed by atoms with Crippen LogP contribution in [0.2, 0.25) is 0 Å². The molecule has 2 aromatic rings. The van der Waals surface area contributed by atoms with Gasteiger partial charge in [0.25, 0.3) is 0 Å². The van der Waals surface area contributed by atoms with Crippen LogP contribution >= 0.6 is 0 Å². The Bertz CT molecular complexity index is 589. The molecule has 1 aliphatic carbocycles. The number of hydrogen-bond acceptors (Lipinski definition) is 5. The number of pyridine rings is 1. The molecule has 0 spiro atoms. The standard InChI is InChI=1S/C12H14N4O2/c1-18-12(17)8-2-5-11-14-10(15-16(11)7-8)6-13-9-3-4-9/h2,5,7,9,13H,3-4,6H2,1H3. The summed E-state index contributed by atoms with van der Waals surface area (Å²) in [6, 6.07) is 4.08. The van der Waals surface area contributed by atoms with Crippen molar-refractivity contribution in [2.75, 3.05) is 7.11 Å². The molecule has 94 valence electrons. The number of ether oxygens (including phenoxy) is 1. The molecule has 1 N–H and O–H groups in total. The molecule has 0 saturated heterocycles. The van der Waals surface area contributed by atoms with Crippen molar-refractivity contribution in [3.63, 3.8) is 0 Å². The molecule has 1 aliphatic rings. The largest absolute Gasteiger partial charge is 0.465 e. The van der Waals surface area contributed by atoms with Crippen molar-refractivity contribution in [3.8, 4) is 0 Å². The first-order chi connectivity index (χ1) is 8.76. The van der Waals surface area contributed by atoms with Crippen LogP contribution in [-0.2, 0) is 11.3 Å². The summed E-state index contributed by atoms with van der Waals surface area (Å²) in [6.45, 7) is 0.667. The minimum absolute atomic E-state index is 0.370. The molecule has 0 radical (unpaired) electrons. The molecule has 6 heteroatoms. The van der Waals surface area contributed by atoms with E-state index in [0.29, 0.717) is 18.2 Å². The molecule has 2 heterocycles. The lowest BCUT2D eigenvalue weighted by Gasteiger charge is -1.98. The number of nitrogens with zero attached hydrogens (tertiary/aromatic N) is 3. The summed E-state index contributed by atoms with van der Waals surface area (Å²) < 4.78 is 6.27. The average Bonchev–Trinajstić information content (AvgIpc) is 3.13. The fourth-order valence-electron chi connectivity index (χ4n) is 1.77. The summed E-state index contributed by atoms with van der Waals surface area (Å²) in [5.41, 5.74) is 1.20. The summed E-state index contributed by atoms with van der Waals surface area (Å²) in [6.07, 6.45) is 4.11. The quantitative estimate of drug-likeness (QED) is 0.807. The monoisotopic (exact) mass is 246 g/mol. The molecule has 0 unspecified atom stereocenters. The van der Waals surface area contributed by atoms with Crippen LogP contribution < -0.4 is 5.32 Å². The molecular weight excluding hydrogens is 232 g/mol. The summed E-state index contributed by atoms with van der Waals surface area (Å²) in [7, 11) is 1.36. The molecule has 2 aromatic heterocycles. The van der Waals surface area contributed by atoms with Crippen LogP contribution in [0.1, 0.15) is 29.0 Å². The molecule has 1 fully saturated rings. The van der Waals surface area contributed by atoms with Gasteiger partial charge >= 0.3 is 5.97 Å². The van der Waals surface area contributed by atoms with Gasteiger partial charge in [0, 0.05) is 12.2 Å². The highest BCUT2D eigenvalue weighted by atomic mass is 16.5. The summed E-state index contributed by atoms with van der Waals surface area (Å²) in [4.78, 5) is 15.8. The number of methoxy groups -OCH3 is 1. The van der Waals surface area contributed by atoms with Gasteiger partial charge in [0.05, 0.1) is 19.2 Å². The second-order valence-corrected chi connectivity index (χ2v) is 4.40. The topological polar surface area (TPSA) is 68.5 Å². The molecule has 6 nitrogen and oxygen atoms in total. The lowest BCUT2D eigenvalue weighted by Crippen LogP contribution is -2.16. The zero-order valence-electron chi connectivity index (χ0n) is 10.1. The molecule has 0 amide bonds. The number of hydrogen-bond donors (Lipinski definition) is 1. The zero-order chi connectivity index (χ0) is 12.5. The van der Waals surface area contributed by atoms with Crippen molar-refractivity contribution in [1.82, 2.24) is 19.9 Å². The van der Waals surface area contributed by atoms with E-state index in [-0.39, 0.29) is 5.97 Å². The molecule has 0 aromatic carbocycles. The number of carbonyl (C=O) groups excluding carboxylic acids is 1. The van der Waals surface area contributed by atoms with Gasteiger partial charge in [-0.2, -0.15) is 0 Å². The third-order valence-electron chi connectivity index (χ3n) is 2.92. The molecule has 0 atom stereocenters. The van der Waals surface area contributed by atoms with Gasteiger partial charge in [-0.3, -0.25) is 0 Å². The highest BCUT2D eigenvalue weighted by molar-refractivity contribution is 5.89. The van der Waals surface area contributed by atoms with E-state index < -0.39 is 0 Å². The van der Waals surface area contributed by atoms with E-state index in [0.717, 1.165) is 11.5 Å². The second kappa shape index (κ2) is 4.38. The van der Waals surface area contributed by atoms with Crippen molar-refractivity contribution in [1.29, 1.82) is 0 Å². The number of nitrogens with one attached hydrogen (secondary N) is 1. The summed E-state index contributed by atoms with van der Waals surface area (Å²) in [5.74, 6) is 0.369. The maximum atomic E-state index is 11.4. The maximum Gasteiger partial charge on any atom is 0.339 e. The number of carbonyl (C=O) groups is 1. The van der Waals surface area contributed by atoms with Crippen molar-refractivity contribution < 1.29 is 9.53 Å². The van der Waals surface area contributed by atoms with E-state index in [1.54, 1.807) is 22.8 Å². The Morgan fingerprint density at radius 2 is 2.39 bits per heavy atom. The van der Waals surface area contributed by atoms with Gasteiger partial charge in [0.1, 0.15) is 0 Å². The minimum Gasteiger partial charge on any atom is -0.465 e. The third kappa shape index (κ3) is 2.19. The van der Waals surface area contributed by atoms with E-state index in [4.69, 9.17) is 0 Å². The number of aromatic nitrogens is 3. The van der Waals surface area contributed by atoms with Gasteiger partial charge in [-0.25, -0.2) is 14.3 Å². The number of fused-ring (bicyclic) bond motifs is 1. The van der Waals surface area contributed by atoms with Crippen molar-refractivity contribution >= 4 is 11.6 Å². The molecule has 3 rings (SSSR count). The highest BCUT2D eigenvalue weighted by Gasteiger charge is 2.20. The zero-order valence-corrected chi connectivity index (χ0v) is 10.1. The molecule has 1 saturated carbocycles. The van der Waals surface area contributed by atoms with Gasteiger partial charge in [-0.05, 0) is 25.0 Å². The number of esters is 1. The van der Waals surface area contributed by atoms with Crippen LogP contribution in [0.25, 0.3) is 5.65 Å². The van der Waals surface area contributed by atoms with Crippen LogP contribution in [0, 0.1) is 0 Å². The van der Waals surface area contributed by atoms with Gasteiger partial charge < -0.3 is 10.1 Å². The smallest absolute Gasteiger partial charge is 0.339 e. The Hall–Kier alpha value is -1.95. The SMILES string of the molecule is COC(=O)c1ccc2nc(CNC3CC3)nn2c1. The van der Waals surface area contributed by atoms with E-state index in [9.17, 15) is 4.79 Å². The first-order valence-corrected chi connectivity index (χ1v) is 5.93. The Kier molecular flexibility index (Phi) is 2.71. The van der Waals surface area contributed by atoms with E-state index in [1.807, 2.05) is 0 Å². The van der Waals surface area contributed by atoms with E-state index >= 15 is 0 Å². The lowest BCUT2D eigenvalue weighted by molar-refractivity contribution is 0.0600. The molecule has 18 heavy (non-hydrogen) atoms. The average molecular weight is 246 g/mol. The Labute approximate surface area is 104 Å².